The molecule has 0 aliphatic heterocycles. The number of imidazole rings is 1. The summed E-state index contributed by atoms with van der Waals surface area (Å²) in [4.78, 5) is 29.6. The summed E-state index contributed by atoms with van der Waals surface area (Å²) < 4.78 is 49.0. The second kappa shape index (κ2) is 9.61. The number of hydrogen-bond acceptors (Lipinski definition) is 9. The average Bonchev–Trinajstić information content (AvgIpc) is 3.20. The molecule has 1 aliphatic carbocycles. The minimum atomic E-state index is -4.72. The van der Waals surface area contributed by atoms with Gasteiger partial charge in [0, 0.05) is 31.8 Å². The molecule has 38 heavy (non-hydrogen) atoms. The molecular weight excluding hydrogens is 529 g/mol. The van der Waals surface area contributed by atoms with Crippen molar-refractivity contribution < 1.29 is 23.0 Å². The van der Waals surface area contributed by atoms with Gasteiger partial charge in [0.1, 0.15) is 21.9 Å². The summed E-state index contributed by atoms with van der Waals surface area (Å²) >= 11 is 6.58. The molecule has 1 fully saturated rings. The summed E-state index contributed by atoms with van der Waals surface area (Å²) in [5, 5.41) is 12.7. The van der Waals surface area contributed by atoms with Crippen molar-refractivity contribution in [2.75, 3.05) is 5.32 Å². The number of nitrogens with two attached hydrogens (primary N) is 1. The summed E-state index contributed by atoms with van der Waals surface area (Å²) in [6.45, 7) is 0. The molecule has 15 heteroatoms. The topological polar surface area (TPSA) is 146 Å². The Morgan fingerprint density at radius 3 is 2.68 bits per heavy atom. The molecule has 0 aromatic carbocycles. The first-order valence-corrected chi connectivity index (χ1v) is 11.6. The maximum atomic E-state index is 13.6. The Bertz CT molecular complexity index is 1600. The molecule has 4 heterocycles. The quantitative estimate of drug-likeness (QED) is 0.309. The molecule has 198 valence electrons. The highest BCUT2D eigenvalue weighted by Gasteiger charge is 2.36. The van der Waals surface area contributed by atoms with Crippen LogP contribution in [0.2, 0.25) is 5.02 Å². The number of hydrogen-bond donors (Lipinski definition) is 3. The lowest BCUT2D eigenvalue weighted by atomic mass is 9.89. The van der Waals surface area contributed by atoms with Crippen LogP contribution in [0, 0.1) is 0 Å². The van der Waals surface area contributed by atoms with Gasteiger partial charge < -0.3 is 30.0 Å². The third-order valence-electron chi connectivity index (χ3n) is 6.17. The maximum absolute atomic E-state index is 13.6. The highest BCUT2D eigenvalue weighted by Crippen LogP contribution is 2.37. The lowest BCUT2D eigenvalue weighted by Crippen LogP contribution is -2.40. The lowest BCUT2D eigenvalue weighted by molar-refractivity contribution is -0.138. The van der Waals surface area contributed by atoms with Crippen LogP contribution >= 0.6 is 11.6 Å². The van der Waals surface area contributed by atoms with Crippen LogP contribution in [0.25, 0.3) is 16.9 Å². The third kappa shape index (κ3) is 4.52. The molecule has 0 radical (unpaired) electrons. The van der Waals surface area contributed by atoms with Gasteiger partial charge in [0.05, 0.1) is 30.1 Å². The van der Waals surface area contributed by atoms with Crippen LogP contribution in [0.15, 0.2) is 48.0 Å². The van der Waals surface area contributed by atoms with Gasteiger partial charge in [-0.15, -0.1) is 0 Å². The highest BCUT2D eigenvalue weighted by molar-refractivity contribution is 6.36. The summed E-state index contributed by atoms with van der Waals surface area (Å²) in [5.74, 6) is 0.271. The van der Waals surface area contributed by atoms with E-state index in [1.54, 1.807) is 7.05 Å². The van der Waals surface area contributed by atoms with Gasteiger partial charge in [-0.1, -0.05) is 11.6 Å². The predicted molar refractivity (Wildman–Crippen MR) is 132 cm³/mol. The monoisotopic (exact) mass is 548 g/mol. The normalized spacial score (nSPS) is 17.9. The van der Waals surface area contributed by atoms with Crippen molar-refractivity contribution in [2.24, 2.45) is 12.8 Å². The van der Waals surface area contributed by atoms with E-state index in [1.807, 2.05) is 0 Å². The molecule has 0 unspecified atom stereocenters. The molecule has 1 saturated carbocycles. The van der Waals surface area contributed by atoms with E-state index in [1.165, 1.54) is 35.6 Å². The van der Waals surface area contributed by atoms with Gasteiger partial charge in [-0.05, 0) is 18.9 Å². The number of nitrogens with one attached hydrogen (secondary N) is 1. The smallest absolute Gasteiger partial charge is 0.417 e. The zero-order chi connectivity index (χ0) is 27.2. The van der Waals surface area contributed by atoms with Crippen molar-refractivity contribution in [3.63, 3.8) is 0 Å². The van der Waals surface area contributed by atoms with Crippen molar-refractivity contribution in [1.29, 1.82) is 0 Å². The molecule has 0 bridgehead atoms. The van der Waals surface area contributed by atoms with Crippen LogP contribution in [-0.4, -0.2) is 40.3 Å². The zero-order valence-corrected chi connectivity index (χ0v) is 20.4. The van der Waals surface area contributed by atoms with Gasteiger partial charge in [0.15, 0.2) is 17.2 Å². The molecule has 11 nitrogen and oxygen atoms in total. The van der Waals surface area contributed by atoms with Crippen LogP contribution < -0.4 is 21.3 Å². The van der Waals surface area contributed by atoms with E-state index in [-0.39, 0.29) is 39.3 Å². The van der Waals surface area contributed by atoms with Crippen LogP contribution in [0.3, 0.4) is 0 Å². The molecule has 4 aromatic heterocycles. The molecule has 0 amide bonds. The Hall–Kier alpha value is -4.17. The molecular formula is C23H20ClF3N8O3. The minimum absolute atomic E-state index is 0.00667. The zero-order valence-electron chi connectivity index (χ0n) is 19.6. The van der Waals surface area contributed by atoms with Crippen molar-refractivity contribution in [2.45, 2.75) is 31.2 Å². The highest BCUT2D eigenvalue weighted by atomic mass is 35.5. The molecule has 5 rings (SSSR count). The summed E-state index contributed by atoms with van der Waals surface area (Å²) in [7, 11) is 1.54. The Morgan fingerprint density at radius 1 is 1.29 bits per heavy atom. The standard InChI is InChI=1S/C23H20ClF3N8O3/c1-34-19-18(24)17(38-16(7-28)13-8-29-4-5-30-13)9-31-20(19)33-22(34)32-12-6-11(23(25,26)27)10-35(21(12)37)14-2-3-15(14)36/h4-10,14-15,36H,2-3,28H2,1H3,(H,31,32,33)/b16-7+/t14-,15-/m1/s1. The molecule has 2 atom stereocenters. The second-order valence-corrected chi connectivity index (χ2v) is 8.89. The van der Waals surface area contributed by atoms with Crippen molar-refractivity contribution in [3.8, 4) is 5.75 Å². The van der Waals surface area contributed by atoms with E-state index in [0.29, 0.717) is 24.6 Å². The first-order valence-electron chi connectivity index (χ1n) is 11.2. The summed E-state index contributed by atoms with van der Waals surface area (Å²) in [5.41, 5.74) is 4.29. The number of aryl methyl sites for hydroxylation is 1. The van der Waals surface area contributed by atoms with Crippen molar-refractivity contribution >= 4 is 40.2 Å². The van der Waals surface area contributed by atoms with Crippen LogP contribution in [-0.2, 0) is 13.2 Å². The molecule has 4 aromatic rings. The number of anilines is 2. The van der Waals surface area contributed by atoms with Gasteiger partial charge in [0.25, 0.3) is 5.56 Å². The van der Waals surface area contributed by atoms with E-state index in [2.05, 4.69) is 25.3 Å². The average molecular weight is 549 g/mol. The number of ether oxygens (including phenoxy) is 1. The van der Waals surface area contributed by atoms with Gasteiger partial charge >= 0.3 is 6.18 Å². The van der Waals surface area contributed by atoms with Crippen LogP contribution in [0.1, 0.15) is 30.1 Å². The number of halogens is 4. The van der Waals surface area contributed by atoms with Gasteiger partial charge in [-0.2, -0.15) is 18.2 Å². The summed E-state index contributed by atoms with van der Waals surface area (Å²) in [6, 6.07) is -0.0489. The van der Waals surface area contributed by atoms with E-state index >= 15 is 0 Å². The fourth-order valence-electron chi connectivity index (χ4n) is 4.01. The Morgan fingerprint density at radius 2 is 2.08 bits per heavy atom. The van der Waals surface area contributed by atoms with E-state index < -0.39 is 29.4 Å². The molecule has 0 saturated heterocycles. The lowest BCUT2D eigenvalue weighted by Gasteiger charge is -2.34. The Kier molecular flexibility index (Phi) is 6.44. The number of fused-ring (bicyclic) bond motifs is 1. The Balaban J connectivity index is 1.53. The fourth-order valence-corrected chi connectivity index (χ4v) is 4.31. The molecule has 0 spiro atoms. The van der Waals surface area contributed by atoms with Gasteiger partial charge in [-0.3, -0.25) is 9.78 Å². The van der Waals surface area contributed by atoms with E-state index in [0.717, 1.165) is 10.8 Å². The number of aliphatic hydroxyl groups is 1. The predicted octanol–water partition coefficient (Wildman–Crippen LogP) is 3.37. The number of rotatable bonds is 6. The van der Waals surface area contributed by atoms with Crippen LogP contribution in [0.5, 0.6) is 5.75 Å². The summed E-state index contributed by atoms with van der Waals surface area (Å²) in [6.07, 6.45) is 2.73. The largest absolute Gasteiger partial charge is 0.450 e. The van der Waals surface area contributed by atoms with Crippen molar-refractivity contribution in [1.82, 2.24) is 29.1 Å². The number of aromatic nitrogens is 6. The Labute approximate surface area is 217 Å². The van der Waals surface area contributed by atoms with Gasteiger partial charge in [-0.25, -0.2) is 9.97 Å². The number of aliphatic hydroxyl groups excluding tert-OH is 1. The number of pyridine rings is 2. The fraction of sp³-hybridized carbons (Fsp3) is 0.261. The minimum Gasteiger partial charge on any atom is -0.450 e. The SMILES string of the molecule is Cn1c(Nc2cc(C(F)(F)F)cn([C@@H]3CC[C@H]3O)c2=O)nc2ncc(O/C(=C/N)c3cnccn3)c(Cl)c21. The third-order valence-corrected chi connectivity index (χ3v) is 6.53. The number of nitrogens with zero attached hydrogens (tertiary/aromatic N) is 6. The molecule has 4 N–H and O–H groups in total. The van der Waals surface area contributed by atoms with E-state index in [4.69, 9.17) is 22.1 Å². The number of alkyl halides is 3. The first kappa shape index (κ1) is 25.5. The first-order chi connectivity index (χ1) is 18.1. The van der Waals surface area contributed by atoms with Crippen LogP contribution in [0.4, 0.5) is 24.8 Å². The maximum Gasteiger partial charge on any atom is 0.417 e. The molecule has 1 aliphatic rings. The second-order valence-electron chi connectivity index (χ2n) is 8.52. The van der Waals surface area contributed by atoms with E-state index in [9.17, 15) is 23.1 Å². The van der Waals surface area contributed by atoms with Crippen molar-refractivity contribution in [3.05, 3.63) is 69.9 Å². The van der Waals surface area contributed by atoms with Gasteiger partial charge in [0.2, 0.25) is 5.95 Å².